The molecule has 0 radical (unpaired) electrons. The Hall–Kier alpha value is -2.30. The third-order valence-electron chi connectivity index (χ3n) is 2.51. The van der Waals surface area contributed by atoms with Gasteiger partial charge in [-0.1, -0.05) is 0 Å². The maximum atomic E-state index is 13.6. The second-order valence-corrected chi connectivity index (χ2v) is 3.94. The fourth-order valence-corrected chi connectivity index (χ4v) is 1.60. The molecule has 0 fully saturated rings. The molecular formula is C14H15FN2O2. The highest BCUT2D eigenvalue weighted by Crippen LogP contribution is 2.21. The molecule has 0 spiro atoms. The number of hydrogen-bond donors (Lipinski definition) is 2. The van der Waals surface area contributed by atoms with Crippen LogP contribution in [-0.2, 0) is 6.54 Å². The van der Waals surface area contributed by atoms with E-state index in [1.807, 2.05) is 6.92 Å². The number of rotatable bonds is 5. The van der Waals surface area contributed by atoms with Gasteiger partial charge < -0.3 is 15.2 Å². The summed E-state index contributed by atoms with van der Waals surface area (Å²) in [6.07, 6.45) is 1.37. The molecule has 0 aliphatic heterocycles. The first-order valence-electron chi connectivity index (χ1n) is 5.99. The Balaban J connectivity index is 1.99. The van der Waals surface area contributed by atoms with Gasteiger partial charge in [-0.25, -0.2) is 4.39 Å². The van der Waals surface area contributed by atoms with Gasteiger partial charge in [0.25, 0.3) is 0 Å². The smallest absolute Gasteiger partial charge is 0.167 e. The lowest BCUT2D eigenvalue weighted by Gasteiger charge is -2.09. The third kappa shape index (κ3) is 3.58. The van der Waals surface area contributed by atoms with Gasteiger partial charge in [-0.3, -0.25) is 4.98 Å². The van der Waals surface area contributed by atoms with Crippen molar-refractivity contribution in [3.63, 3.8) is 0 Å². The minimum absolute atomic E-state index is 0.121. The molecule has 0 amide bonds. The quantitative estimate of drug-likeness (QED) is 0.870. The van der Waals surface area contributed by atoms with Crippen LogP contribution >= 0.6 is 0 Å². The molecule has 0 aliphatic rings. The number of pyridine rings is 1. The maximum absolute atomic E-state index is 13.6. The molecule has 19 heavy (non-hydrogen) atoms. The van der Waals surface area contributed by atoms with Crippen molar-refractivity contribution in [2.45, 2.75) is 13.5 Å². The lowest BCUT2D eigenvalue weighted by atomic mass is 10.2. The molecule has 4 nitrogen and oxygen atoms in total. The lowest BCUT2D eigenvalue weighted by molar-refractivity contribution is 0.321. The summed E-state index contributed by atoms with van der Waals surface area (Å²) in [7, 11) is 0. The van der Waals surface area contributed by atoms with Crippen molar-refractivity contribution in [1.29, 1.82) is 0 Å². The molecule has 2 N–H and O–H groups in total. The monoisotopic (exact) mass is 262 g/mol. The predicted octanol–water partition coefficient (Wildman–Crippen LogP) is 2.94. The number of aromatic nitrogens is 1. The molecule has 1 aromatic carbocycles. The van der Waals surface area contributed by atoms with Crippen LogP contribution in [0.5, 0.6) is 11.5 Å². The molecule has 2 aromatic rings. The van der Waals surface area contributed by atoms with Gasteiger partial charge in [0.2, 0.25) is 0 Å². The van der Waals surface area contributed by atoms with Gasteiger partial charge >= 0.3 is 0 Å². The average molecular weight is 262 g/mol. The Bertz CT molecular complexity index is 544. The van der Waals surface area contributed by atoms with Crippen LogP contribution in [-0.4, -0.2) is 16.7 Å². The highest BCUT2D eigenvalue weighted by Gasteiger charge is 2.04. The predicted molar refractivity (Wildman–Crippen MR) is 70.8 cm³/mol. The van der Waals surface area contributed by atoms with E-state index in [0.717, 1.165) is 5.69 Å². The lowest BCUT2D eigenvalue weighted by Crippen LogP contribution is -2.02. The molecule has 0 unspecified atom stereocenters. The van der Waals surface area contributed by atoms with Crippen LogP contribution < -0.4 is 10.1 Å². The third-order valence-corrected chi connectivity index (χ3v) is 2.51. The van der Waals surface area contributed by atoms with Crippen molar-refractivity contribution in [3.05, 3.63) is 48.0 Å². The Kier molecular flexibility index (Phi) is 4.18. The highest BCUT2D eigenvalue weighted by molar-refractivity contribution is 5.47. The van der Waals surface area contributed by atoms with Gasteiger partial charge in [0.15, 0.2) is 11.6 Å². The zero-order valence-corrected chi connectivity index (χ0v) is 10.6. The number of ether oxygens (including phenoxy) is 1. The molecule has 0 bridgehead atoms. The van der Waals surface area contributed by atoms with E-state index in [4.69, 9.17) is 9.84 Å². The number of halogens is 1. The molecule has 100 valence electrons. The fraction of sp³-hybridized carbons (Fsp3) is 0.214. The van der Waals surface area contributed by atoms with Crippen molar-refractivity contribution in [2.24, 2.45) is 0 Å². The van der Waals surface area contributed by atoms with Crippen molar-refractivity contribution < 1.29 is 14.2 Å². The fourth-order valence-electron chi connectivity index (χ4n) is 1.60. The van der Waals surface area contributed by atoms with E-state index >= 15 is 0 Å². The van der Waals surface area contributed by atoms with Crippen LogP contribution in [0, 0.1) is 5.82 Å². The number of nitrogens with zero attached hydrogens (tertiary/aromatic N) is 1. The van der Waals surface area contributed by atoms with E-state index in [1.165, 1.54) is 12.3 Å². The molecular weight excluding hydrogens is 247 g/mol. The second kappa shape index (κ2) is 6.04. The first kappa shape index (κ1) is 13.1. The van der Waals surface area contributed by atoms with E-state index < -0.39 is 5.82 Å². The first-order valence-corrected chi connectivity index (χ1v) is 5.99. The van der Waals surface area contributed by atoms with Crippen molar-refractivity contribution in [2.75, 3.05) is 11.9 Å². The summed E-state index contributed by atoms with van der Waals surface area (Å²) in [6, 6.07) is 7.97. The van der Waals surface area contributed by atoms with E-state index in [9.17, 15) is 4.39 Å². The van der Waals surface area contributed by atoms with Crippen LogP contribution in [0.15, 0.2) is 36.5 Å². The molecule has 1 aromatic heterocycles. The Labute approximate surface area is 110 Å². The molecule has 0 saturated carbocycles. The SMILES string of the molecule is CCOc1ccc(NCc2ccc(O)cn2)cc1F. The Morgan fingerprint density at radius 2 is 2.16 bits per heavy atom. The highest BCUT2D eigenvalue weighted by atomic mass is 19.1. The summed E-state index contributed by atoms with van der Waals surface area (Å²) in [4.78, 5) is 4.03. The minimum atomic E-state index is -0.398. The van der Waals surface area contributed by atoms with Gasteiger partial charge in [-0.15, -0.1) is 0 Å². The number of aromatic hydroxyl groups is 1. The Morgan fingerprint density at radius 1 is 1.32 bits per heavy atom. The van der Waals surface area contributed by atoms with E-state index in [0.29, 0.717) is 18.8 Å². The average Bonchev–Trinajstić information content (AvgIpc) is 2.41. The van der Waals surface area contributed by atoms with Crippen molar-refractivity contribution in [3.8, 4) is 11.5 Å². The van der Waals surface area contributed by atoms with Gasteiger partial charge in [-0.05, 0) is 31.2 Å². The van der Waals surface area contributed by atoms with Gasteiger partial charge in [0.1, 0.15) is 5.75 Å². The summed E-state index contributed by atoms with van der Waals surface area (Å²) in [5.41, 5.74) is 1.41. The van der Waals surface area contributed by atoms with Gasteiger partial charge in [0, 0.05) is 11.8 Å². The second-order valence-electron chi connectivity index (χ2n) is 3.94. The number of nitrogens with one attached hydrogen (secondary N) is 1. The Morgan fingerprint density at radius 3 is 2.79 bits per heavy atom. The summed E-state index contributed by atoms with van der Waals surface area (Å²) in [5.74, 6) is -0.0304. The summed E-state index contributed by atoms with van der Waals surface area (Å²) < 4.78 is 18.7. The first-order chi connectivity index (χ1) is 9.19. The summed E-state index contributed by atoms with van der Waals surface area (Å²) in [6.45, 7) is 2.69. The van der Waals surface area contributed by atoms with Crippen LogP contribution in [0.2, 0.25) is 0 Å². The zero-order valence-electron chi connectivity index (χ0n) is 10.6. The van der Waals surface area contributed by atoms with Crippen LogP contribution in [0.3, 0.4) is 0 Å². The summed E-state index contributed by atoms with van der Waals surface area (Å²) >= 11 is 0. The number of anilines is 1. The van der Waals surface area contributed by atoms with Crippen LogP contribution in [0.1, 0.15) is 12.6 Å². The van der Waals surface area contributed by atoms with Crippen LogP contribution in [0.25, 0.3) is 0 Å². The van der Waals surface area contributed by atoms with E-state index in [1.54, 1.807) is 24.3 Å². The minimum Gasteiger partial charge on any atom is -0.506 e. The largest absolute Gasteiger partial charge is 0.506 e. The van der Waals surface area contributed by atoms with Crippen molar-refractivity contribution in [1.82, 2.24) is 4.98 Å². The summed E-state index contributed by atoms with van der Waals surface area (Å²) in [5, 5.41) is 12.2. The molecule has 0 aliphatic carbocycles. The van der Waals surface area contributed by atoms with Crippen LogP contribution in [0.4, 0.5) is 10.1 Å². The normalized spacial score (nSPS) is 10.2. The van der Waals surface area contributed by atoms with E-state index in [-0.39, 0.29) is 11.5 Å². The molecule has 1 heterocycles. The molecule has 2 rings (SSSR count). The standard InChI is InChI=1S/C14H15FN2O2/c1-2-19-14-6-4-10(7-13(14)15)16-8-11-3-5-12(18)9-17-11/h3-7,9,16,18H,2,8H2,1H3. The molecule has 5 heteroatoms. The van der Waals surface area contributed by atoms with Crippen molar-refractivity contribution >= 4 is 5.69 Å². The zero-order chi connectivity index (χ0) is 13.7. The number of hydrogen-bond acceptors (Lipinski definition) is 4. The molecule has 0 atom stereocenters. The van der Waals surface area contributed by atoms with E-state index in [2.05, 4.69) is 10.3 Å². The molecule has 0 saturated heterocycles. The van der Waals surface area contributed by atoms with Gasteiger partial charge in [0.05, 0.1) is 25.0 Å². The maximum Gasteiger partial charge on any atom is 0.167 e. The van der Waals surface area contributed by atoms with Gasteiger partial charge in [-0.2, -0.15) is 0 Å². The topological polar surface area (TPSA) is 54.4 Å². The number of benzene rings is 1.